The highest BCUT2D eigenvalue weighted by Gasteiger charge is 2.26. The van der Waals surface area contributed by atoms with E-state index in [1.807, 2.05) is 61.5 Å². The molecule has 5 heteroatoms. The van der Waals surface area contributed by atoms with E-state index < -0.39 is 0 Å². The number of pyridine rings is 1. The summed E-state index contributed by atoms with van der Waals surface area (Å²) in [5, 5.41) is 3.01. The second kappa shape index (κ2) is 7.72. The van der Waals surface area contributed by atoms with Gasteiger partial charge in [0.15, 0.2) is 0 Å². The molecule has 1 aromatic heterocycles. The molecule has 4 rings (SSSR count). The van der Waals surface area contributed by atoms with E-state index in [1.165, 1.54) is 5.56 Å². The molecule has 1 aliphatic heterocycles. The van der Waals surface area contributed by atoms with Crippen LogP contribution in [0, 0.1) is 0 Å². The van der Waals surface area contributed by atoms with E-state index >= 15 is 0 Å². The zero-order chi connectivity index (χ0) is 19.5. The lowest BCUT2D eigenvalue weighted by molar-refractivity contribution is 0.0933. The minimum Gasteiger partial charge on any atom is -0.487 e. The number of nitrogens with zero attached hydrogens (tertiary/aromatic N) is 2. The van der Waals surface area contributed by atoms with Gasteiger partial charge in [-0.1, -0.05) is 24.3 Å². The minimum atomic E-state index is -0.0855. The first-order valence-electron chi connectivity index (χ1n) is 9.36. The summed E-state index contributed by atoms with van der Waals surface area (Å²) in [5.41, 5.74) is 4.96. The lowest BCUT2D eigenvalue weighted by atomic mass is 10.0. The van der Waals surface area contributed by atoms with Crippen LogP contribution in [-0.2, 0) is 6.42 Å². The van der Waals surface area contributed by atoms with Crippen molar-refractivity contribution in [2.75, 3.05) is 25.5 Å². The van der Waals surface area contributed by atoms with E-state index in [0.717, 1.165) is 29.0 Å². The van der Waals surface area contributed by atoms with E-state index in [4.69, 9.17) is 4.74 Å². The van der Waals surface area contributed by atoms with Gasteiger partial charge in [-0.2, -0.15) is 0 Å². The molecule has 3 aromatic rings. The van der Waals surface area contributed by atoms with E-state index in [2.05, 4.69) is 22.4 Å². The summed E-state index contributed by atoms with van der Waals surface area (Å²) < 4.78 is 6.20. The fraction of sp³-hybridized carbons (Fsp3) is 0.217. The molecule has 5 nitrogen and oxygen atoms in total. The van der Waals surface area contributed by atoms with Crippen molar-refractivity contribution in [2.45, 2.75) is 12.5 Å². The molecular weight excluding hydrogens is 350 g/mol. The van der Waals surface area contributed by atoms with Crippen LogP contribution >= 0.6 is 0 Å². The molecule has 1 amide bonds. The highest BCUT2D eigenvalue weighted by Crippen LogP contribution is 2.38. The number of hydrogen-bond donors (Lipinski definition) is 1. The third kappa shape index (κ3) is 3.69. The Morgan fingerprint density at radius 3 is 2.71 bits per heavy atom. The summed E-state index contributed by atoms with van der Waals surface area (Å²) >= 11 is 0. The van der Waals surface area contributed by atoms with Crippen LogP contribution in [0.25, 0.3) is 11.1 Å². The Balaban J connectivity index is 1.43. The number of fused-ring (bicyclic) bond motifs is 1. The maximum atomic E-state index is 12.5. The lowest BCUT2D eigenvalue weighted by Gasteiger charge is -2.15. The highest BCUT2D eigenvalue weighted by atomic mass is 16.5. The molecule has 0 saturated carbocycles. The van der Waals surface area contributed by atoms with Crippen molar-refractivity contribution in [1.29, 1.82) is 0 Å². The number of carbonyl (C=O) groups excluding carboxylic acids is 1. The zero-order valence-electron chi connectivity index (χ0n) is 16.1. The number of ether oxygens (including phenoxy) is 1. The van der Waals surface area contributed by atoms with Crippen LogP contribution in [0.4, 0.5) is 5.69 Å². The fourth-order valence-corrected chi connectivity index (χ4v) is 3.44. The standard InChI is InChI=1S/C23H23N3O2/c1-26(2)19-7-3-6-18(13-19)23(27)25-15-20-14-17-5-4-8-21(22(17)28-20)16-9-11-24-12-10-16/h3-13,20H,14-15H2,1-2H3,(H,25,27)/t20-/m1/s1. The number of anilines is 1. The third-order valence-corrected chi connectivity index (χ3v) is 4.94. The van der Waals surface area contributed by atoms with Crippen molar-refractivity contribution in [3.63, 3.8) is 0 Å². The Kier molecular flexibility index (Phi) is 4.98. The Hall–Kier alpha value is -3.34. The van der Waals surface area contributed by atoms with Gasteiger partial charge >= 0.3 is 0 Å². The molecule has 2 aromatic carbocycles. The van der Waals surface area contributed by atoms with Gasteiger partial charge in [-0.05, 0) is 41.5 Å². The van der Waals surface area contributed by atoms with E-state index in [9.17, 15) is 4.79 Å². The second-order valence-electron chi connectivity index (χ2n) is 7.13. The molecule has 0 spiro atoms. The fourth-order valence-electron chi connectivity index (χ4n) is 3.44. The summed E-state index contributed by atoms with van der Waals surface area (Å²) in [6, 6.07) is 17.7. The Morgan fingerprint density at radius 2 is 1.93 bits per heavy atom. The number of carbonyl (C=O) groups is 1. The predicted molar refractivity (Wildman–Crippen MR) is 111 cm³/mol. The Labute approximate surface area is 165 Å². The maximum absolute atomic E-state index is 12.5. The average molecular weight is 373 g/mol. The molecule has 0 radical (unpaired) electrons. The van der Waals surface area contributed by atoms with Crippen molar-refractivity contribution in [2.24, 2.45) is 0 Å². The summed E-state index contributed by atoms with van der Waals surface area (Å²) in [7, 11) is 3.92. The number of nitrogens with one attached hydrogen (secondary N) is 1. The van der Waals surface area contributed by atoms with Crippen LogP contribution in [-0.4, -0.2) is 37.6 Å². The van der Waals surface area contributed by atoms with Crippen molar-refractivity contribution in [1.82, 2.24) is 10.3 Å². The zero-order valence-corrected chi connectivity index (χ0v) is 16.1. The maximum Gasteiger partial charge on any atom is 0.251 e. The topological polar surface area (TPSA) is 54.5 Å². The highest BCUT2D eigenvalue weighted by molar-refractivity contribution is 5.95. The molecule has 0 unspecified atom stereocenters. The van der Waals surface area contributed by atoms with Crippen LogP contribution in [0.3, 0.4) is 0 Å². The SMILES string of the molecule is CN(C)c1cccc(C(=O)NC[C@H]2Cc3cccc(-c4ccncc4)c3O2)c1. The Bertz CT molecular complexity index is 986. The van der Waals surface area contributed by atoms with E-state index in [-0.39, 0.29) is 12.0 Å². The van der Waals surface area contributed by atoms with Gasteiger partial charge in [0.1, 0.15) is 11.9 Å². The first-order valence-corrected chi connectivity index (χ1v) is 9.36. The number of amides is 1. The van der Waals surface area contributed by atoms with Gasteiger partial charge in [-0.15, -0.1) is 0 Å². The van der Waals surface area contributed by atoms with Crippen LogP contribution < -0.4 is 15.0 Å². The molecule has 28 heavy (non-hydrogen) atoms. The smallest absolute Gasteiger partial charge is 0.251 e. The number of aromatic nitrogens is 1. The molecule has 142 valence electrons. The predicted octanol–water partition coefficient (Wildman–Crippen LogP) is 3.55. The number of benzene rings is 2. The van der Waals surface area contributed by atoms with Crippen molar-refractivity contribution in [3.05, 3.63) is 78.1 Å². The summed E-state index contributed by atoms with van der Waals surface area (Å²) in [4.78, 5) is 18.6. The number of rotatable bonds is 5. The molecule has 1 aliphatic rings. The molecule has 0 fully saturated rings. The molecule has 2 heterocycles. The first-order chi connectivity index (χ1) is 13.6. The average Bonchev–Trinajstić information content (AvgIpc) is 3.16. The van der Waals surface area contributed by atoms with Gasteiger partial charge in [0.05, 0.1) is 6.54 Å². The molecule has 1 N–H and O–H groups in total. The number of hydrogen-bond acceptors (Lipinski definition) is 4. The van der Waals surface area contributed by atoms with Crippen LogP contribution in [0.1, 0.15) is 15.9 Å². The monoisotopic (exact) mass is 373 g/mol. The van der Waals surface area contributed by atoms with Crippen LogP contribution in [0.5, 0.6) is 5.75 Å². The first kappa shape index (κ1) is 18.0. The largest absolute Gasteiger partial charge is 0.487 e. The summed E-state index contributed by atoms with van der Waals surface area (Å²) in [6.07, 6.45) is 4.28. The van der Waals surface area contributed by atoms with Gasteiger partial charge in [0, 0.05) is 49.7 Å². The Morgan fingerprint density at radius 1 is 1.14 bits per heavy atom. The second-order valence-corrected chi connectivity index (χ2v) is 7.13. The summed E-state index contributed by atoms with van der Waals surface area (Å²) in [6.45, 7) is 0.468. The van der Waals surface area contributed by atoms with Gasteiger partial charge in [0.25, 0.3) is 5.91 Å². The van der Waals surface area contributed by atoms with Crippen molar-refractivity contribution in [3.8, 4) is 16.9 Å². The minimum absolute atomic E-state index is 0.0704. The van der Waals surface area contributed by atoms with Gasteiger partial charge in [-0.3, -0.25) is 9.78 Å². The van der Waals surface area contributed by atoms with Gasteiger partial charge < -0.3 is 15.0 Å². The molecule has 0 aliphatic carbocycles. The third-order valence-electron chi connectivity index (χ3n) is 4.94. The van der Waals surface area contributed by atoms with Crippen LogP contribution in [0.15, 0.2) is 67.0 Å². The lowest BCUT2D eigenvalue weighted by Crippen LogP contribution is -2.34. The van der Waals surface area contributed by atoms with E-state index in [0.29, 0.717) is 12.1 Å². The van der Waals surface area contributed by atoms with Gasteiger partial charge in [-0.25, -0.2) is 0 Å². The quantitative estimate of drug-likeness (QED) is 0.743. The van der Waals surface area contributed by atoms with Crippen molar-refractivity contribution >= 4 is 11.6 Å². The summed E-state index contributed by atoms with van der Waals surface area (Å²) in [5.74, 6) is 0.820. The van der Waals surface area contributed by atoms with Crippen LogP contribution in [0.2, 0.25) is 0 Å². The van der Waals surface area contributed by atoms with Crippen molar-refractivity contribution < 1.29 is 9.53 Å². The molecule has 1 atom stereocenters. The molecule has 0 bridgehead atoms. The number of para-hydroxylation sites is 1. The van der Waals surface area contributed by atoms with Gasteiger partial charge in [0.2, 0.25) is 0 Å². The molecular formula is C23H23N3O2. The normalized spacial score (nSPS) is 14.9. The van der Waals surface area contributed by atoms with E-state index in [1.54, 1.807) is 12.4 Å². The molecule has 0 saturated heterocycles.